The van der Waals surface area contributed by atoms with Crippen LogP contribution in [0.15, 0.2) is 16.3 Å². The predicted molar refractivity (Wildman–Crippen MR) is 65.0 cm³/mol. The summed E-state index contributed by atoms with van der Waals surface area (Å²) in [5.74, 6) is -6.82. The van der Waals surface area contributed by atoms with Crippen molar-refractivity contribution in [3.63, 3.8) is 0 Å². The molecule has 11 heteroatoms. The summed E-state index contributed by atoms with van der Waals surface area (Å²) < 4.78 is 70.6. The van der Waals surface area contributed by atoms with E-state index >= 15 is 0 Å². The van der Waals surface area contributed by atoms with Crippen LogP contribution in [0.4, 0.5) is 17.6 Å². The topological polar surface area (TPSA) is 63.2 Å². The lowest BCUT2D eigenvalue weighted by Crippen LogP contribution is -2.45. The molecule has 1 rings (SSSR count). The number of halogens is 5. The molecule has 1 aromatic rings. The molecular formula is C9H8ClF4NO3S2. The first-order valence-corrected chi connectivity index (χ1v) is 8.15. The summed E-state index contributed by atoms with van der Waals surface area (Å²) in [4.78, 5) is 11.3. The predicted octanol–water partition coefficient (Wildman–Crippen LogP) is 2.23. The van der Waals surface area contributed by atoms with Crippen molar-refractivity contribution in [2.75, 3.05) is 6.54 Å². The number of carbonyl (C=O) groups excluding carboxylic acids is 1. The van der Waals surface area contributed by atoms with Gasteiger partial charge >= 0.3 is 12.3 Å². The third-order valence-electron chi connectivity index (χ3n) is 2.11. The average molecular weight is 354 g/mol. The van der Waals surface area contributed by atoms with Crippen molar-refractivity contribution in [2.24, 2.45) is 0 Å². The van der Waals surface area contributed by atoms with Crippen molar-refractivity contribution in [2.45, 2.75) is 23.0 Å². The average Bonchev–Trinajstić information content (AvgIpc) is 2.77. The lowest BCUT2D eigenvalue weighted by Gasteiger charge is -2.14. The third-order valence-corrected chi connectivity index (χ3v) is 5.35. The number of hydrogen-bond acceptors (Lipinski definition) is 4. The van der Waals surface area contributed by atoms with Crippen molar-refractivity contribution >= 4 is 37.0 Å². The molecule has 0 fully saturated rings. The number of alkyl halides is 4. The summed E-state index contributed by atoms with van der Waals surface area (Å²) in [6.45, 7) is -0.330. The van der Waals surface area contributed by atoms with Gasteiger partial charge in [-0.15, -0.1) is 11.3 Å². The fraction of sp³-hybridized carbons (Fsp3) is 0.444. The number of hydrogen-bond donors (Lipinski definition) is 1. The van der Waals surface area contributed by atoms with E-state index in [1.54, 1.807) is 5.32 Å². The van der Waals surface area contributed by atoms with Gasteiger partial charge in [-0.25, -0.2) is 17.2 Å². The van der Waals surface area contributed by atoms with Crippen molar-refractivity contribution in [3.05, 3.63) is 17.0 Å². The summed E-state index contributed by atoms with van der Waals surface area (Å²) in [6, 6.07) is 2.61. The maximum Gasteiger partial charge on any atom is 0.383 e. The van der Waals surface area contributed by atoms with Gasteiger partial charge in [-0.1, -0.05) is 0 Å². The van der Waals surface area contributed by atoms with Gasteiger partial charge < -0.3 is 5.32 Å². The quantitative estimate of drug-likeness (QED) is 0.630. The van der Waals surface area contributed by atoms with Crippen LogP contribution in [0.1, 0.15) is 4.88 Å². The summed E-state index contributed by atoms with van der Waals surface area (Å²) in [5.41, 5.74) is 0. The minimum Gasteiger partial charge on any atom is -0.350 e. The molecule has 0 saturated carbocycles. The maximum absolute atomic E-state index is 12.6. The molecule has 20 heavy (non-hydrogen) atoms. The summed E-state index contributed by atoms with van der Waals surface area (Å²) in [7, 11) is 1.21. The van der Waals surface area contributed by atoms with E-state index in [0.29, 0.717) is 4.88 Å². The van der Waals surface area contributed by atoms with E-state index in [-0.39, 0.29) is 17.2 Å². The molecular weight excluding hydrogens is 346 g/mol. The molecule has 1 heterocycles. The lowest BCUT2D eigenvalue weighted by molar-refractivity contribution is -0.169. The maximum atomic E-state index is 12.6. The Kier molecular flexibility index (Phi) is 5.39. The smallest absolute Gasteiger partial charge is 0.350 e. The third kappa shape index (κ3) is 4.32. The Morgan fingerprint density at radius 1 is 1.40 bits per heavy atom. The van der Waals surface area contributed by atoms with E-state index in [2.05, 4.69) is 0 Å². The molecule has 0 saturated heterocycles. The Hall–Kier alpha value is -0.870. The van der Waals surface area contributed by atoms with Crippen molar-refractivity contribution < 1.29 is 30.8 Å². The number of thiophene rings is 1. The van der Waals surface area contributed by atoms with Crippen LogP contribution in [0.5, 0.6) is 0 Å². The van der Waals surface area contributed by atoms with Crippen LogP contribution in [0, 0.1) is 0 Å². The van der Waals surface area contributed by atoms with E-state index in [4.69, 9.17) is 10.7 Å². The van der Waals surface area contributed by atoms with Crippen molar-refractivity contribution in [1.82, 2.24) is 5.32 Å². The Morgan fingerprint density at radius 3 is 2.45 bits per heavy atom. The normalized spacial score (nSPS) is 12.7. The SMILES string of the molecule is O=C(NCCc1ccc(S(=O)(=O)Cl)s1)C(F)(F)C(F)F. The fourth-order valence-corrected chi connectivity index (χ4v) is 3.26. The molecule has 1 N–H and O–H groups in total. The zero-order valence-electron chi connectivity index (χ0n) is 9.58. The molecule has 4 nitrogen and oxygen atoms in total. The fourth-order valence-electron chi connectivity index (χ4n) is 1.14. The lowest BCUT2D eigenvalue weighted by atomic mass is 10.3. The van der Waals surface area contributed by atoms with Crippen LogP contribution >= 0.6 is 22.0 Å². The van der Waals surface area contributed by atoms with Gasteiger partial charge in [-0.2, -0.15) is 8.78 Å². The Balaban J connectivity index is 2.54. The number of nitrogens with one attached hydrogen (secondary N) is 1. The second-order valence-corrected chi connectivity index (χ2v) is 7.55. The first kappa shape index (κ1) is 17.2. The van der Waals surface area contributed by atoms with Gasteiger partial charge in [0.15, 0.2) is 0 Å². The minimum absolute atomic E-state index is 0.0160. The number of carbonyl (C=O) groups is 1. The molecule has 0 aliphatic rings. The molecule has 0 unspecified atom stereocenters. The Bertz CT molecular complexity index is 588. The largest absolute Gasteiger partial charge is 0.383 e. The van der Waals surface area contributed by atoms with Gasteiger partial charge in [0.25, 0.3) is 15.0 Å². The molecule has 114 valence electrons. The molecule has 0 aromatic carbocycles. The molecule has 0 aliphatic carbocycles. The zero-order chi connectivity index (χ0) is 15.6. The van der Waals surface area contributed by atoms with Crippen LogP contribution in [0.3, 0.4) is 0 Å². The van der Waals surface area contributed by atoms with Gasteiger partial charge in [0.2, 0.25) is 0 Å². The molecule has 0 spiro atoms. The van der Waals surface area contributed by atoms with E-state index in [1.807, 2.05) is 0 Å². The first-order valence-electron chi connectivity index (χ1n) is 5.02. The second kappa shape index (κ2) is 6.27. The Morgan fingerprint density at radius 2 is 2.00 bits per heavy atom. The standard InChI is InChI=1S/C9H8ClF4NO3S2/c10-20(17,18)6-2-1-5(19-6)3-4-15-8(16)9(13,14)7(11)12/h1-2,7H,3-4H2,(H,15,16). The Labute approximate surface area is 120 Å². The number of amides is 1. The van der Waals surface area contributed by atoms with Crippen LogP contribution in [-0.2, 0) is 20.3 Å². The van der Waals surface area contributed by atoms with Crippen molar-refractivity contribution in [3.8, 4) is 0 Å². The molecule has 0 bridgehead atoms. The minimum atomic E-state index is -4.75. The summed E-state index contributed by atoms with van der Waals surface area (Å²) in [6.07, 6.45) is -4.07. The van der Waals surface area contributed by atoms with E-state index in [0.717, 1.165) is 11.3 Å². The summed E-state index contributed by atoms with van der Waals surface area (Å²) in [5, 5.41) is 1.66. The van der Waals surface area contributed by atoms with Crippen LogP contribution in [0.2, 0.25) is 0 Å². The van der Waals surface area contributed by atoms with Crippen molar-refractivity contribution in [1.29, 1.82) is 0 Å². The van der Waals surface area contributed by atoms with E-state index < -0.39 is 27.3 Å². The summed E-state index contributed by atoms with van der Waals surface area (Å²) >= 11 is 0.798. The van der Waals surface area contributed by atoms with Gasteiger partial charge in [0, 0.05) is 22.1 Å². The highest BCUT2D eigenvalue weighted by atomic mass is 35.7. The zero-order valence-corrected chi connectivity index (χ0v) is 12.0. The monoisotopic (exact) mass is 353 g/mol. The second-order valence-electron chi connectivity index (χ2n) is 3.59. The molecule has 1 amide bonds. The van der Waals surface area contributed by atoms with Crippen LogP contribution in [0.25, 0.3) is 0 Å². The highest BCUT2D eigenvalue weighted by Gasteiger charge is 2.48. The van der Waals surface area contributed by atoms with E-state index in [1.165, 1.54) is 12.1 Å². The highest BCUT2D eigenvalue weighted by molar-refractivity contribution is 8.15. The first-order chi connectivity index (χ1) is 9.05. The van der Waals surface area contributed by atoms with Crippen LogP contribution < -0.4 is 5.32 Å². The van der Waals surface area contributed by atoms with Crippen LogP contribution in [-0.4, -0.2) is 33.2 Å². The van der Waals surface area contributed by atoms with Gasteiger partial charge in [-0.3, -0.25) is 4.79 Å². The highest BCUT2D eigenvalue weighted by Crippen LogP contribution is 2.25. The van der Waals surface area contributed by atoms with E-state index in [9.17, 15) is 30.8 Å². The molecule has 0 radical (unpaired) electrons. The number of rotatable bonds is 6. The molecule has 1 aromatic heterocycles. The van der Waals surface area contributed by atoms with Gasteiger partial charge in [0.1, 0.15) is 4.21 Å². The molecule has 0 atom stereocenters. The van der Waals surface area contributed by atoms with Gasteiger partial charge in [-0.05, 0) is 18.6 Å². The molecule has 0 aliphatic heterocycles. The van der Waals surface area contributed by atoms with Gasteiger partial charge in [0.05, 0.1) is 0 Å².